The first kappa shape index (κ1) is 38.8. The Bertz CT molecular complexity index is 3920. The summed E-state index contributed by atoms with van der Waals surface area (Å²) >= 11 is 0. The van der Waals surface area contributed by atoms with Crippen LogP contribution in [0.15, 0.2) is 127 Å². The van der Waals surface area contributed by atoms with E-state index in [1.165, 1.54) is 10.8 Å². The molecule has 0 saturated carbocycles. The number of hydrogen-bond donors (Lipinski definition) is 0. The maximum Gasteiger partial charge on any atom is 0.166 e. The second-order valence-corrected chi connectivity index (χ2v) is 16.3. The number of nitrogens with zero attached hydrogens (tertiary/aromatic N) is 4. The molecule has 12 aromatic rings. The van der Waals surface area contributed by atoms with Crippen LogP contribution in [0.1, 0.15) is 0 Å². The SMILES string of the molecule is [B]c1cc(-c2nc(-c3cc4c5ccccc5c5ccccc5c4cc3-n3c4cccc5c6ccccc6c6cccc3c6c54)nc(-c3c([B])c([B])c([B])c([B])c3[B])n2)c([B])c([B])c1[B]. The van der Waals surface area contributed by atoms with Gasteiger partial charge in [-0.05, 0) is 78.1 Å². The van der Waals surface area contributed by atoms with E-state index in [0.717, 1.165) is 70.6 Å². The number of benzene rings is 10. The lowest BCUT2D eigenvalue weighted by molar-refractivity contribution is 1.07. The zero-order chi connectivity index (χ0) is 43.9. The van der Waals surface area contributed by atoms with E-state index < -0.39 is 0 Å². The van der Waals surface area contributed by atoms with Crippen LogP contribution in [0.5, 0.6) is 0 Å². The second-order valence-electron chi connectivity index (χ2n) is 16.3. The van der Waals surface area contributed by atoms with Crippen LogP contribution in [0.25, 0.3) is 116 Å². The molecule has 272 valence electrons. The van der Waals surface area contributed by atoms with Gasteiger partial charge in [0.1, 0.15) is 70.6 Å². The minimum atomic E-state index is 0.0406. The van der Waals surface area contributed by atoms with Crippen molar-refractivity contribution in [3.8, 4) is 39.9 Å². The predicted octanol–water partition coefficient (Wildman–Crippen LogP) is 2.32. The van der Waals surface area contributed by atoms with E-state index in [-0.39, 0.29) is 72.2 Å². The smallest absolute Gasteiger partial charge is 0.166 e. The zero-order valence-corrected chi connectivity index (χ0v) is 34.1. The normalized spacial score (nSPS) is 12.0. The highest BCUT2D eigenvalue weighted by atomic mass is 15.1. The first-order valence-corrected chi connectivity index (χ1v) is 20.6. The van der Waals surface area contributed by atoms with E-state index in [9.17, 15) is 0 Å². The maximum absolute atomic E-state index is 6.73. The predicted molar refractivity (Wildman–Crippen MR) is 278 cm³/mol. The van der Waals surface area contributed by atoms with Gasteiger partial charge >= 0.3 is 0 Å². The van der Waals surface area contributed by atoms with Crippen molar-refractivity contribution in [3.63, 3.8) is 0 Å². The molecule has 0 fully saturated rings. The third-order valence-corrected chi connectivity index (χ3v) is 12.9. The standard InChI is InChI=1S/C51H21B9N4/c52-34-20-33(41(53)45(57)42(34)54)50-61-49(62-51(63-50)40-43(55)46(58)48(60)47(59)44(40)56)32-19-30-26-13-5-1-9-22(26)23-10-2-6-14-27(23)31(30)21-37(32)64-35-17-7-15-28-24-11-3-4-12-25(24)29-16-8-18-36(64)39(29)38(28)35/h1-21H. The van der Waals surface area contributed by atoms with Gasteiger partial charge in [0, 0.05) is 27.5 Å². The van der Waals surface area contributed by atoms with Crippen LogP contribution in [-0.2, 0) is 0 Å². The van der Waals surface area contributed by atoms with Gasteiger partial charge < -0.3 is 4.57 Å². The van der Waals surface area contributed by atoms with Gasteiger partial charge in [-0.3, -0.25) is 0 Å². The molecule has 0 amide bonds. The second kappa shape index (κ2) is 14.1. The Hall–Kier alpha value is -6.85. The summed E-state index contributed by atoms with van der Waals surface area (Å²) < 4.78 is 2.31. The Kier molecular flexibility index (Phi) is 8.53. The van der Waals surface area contributed by atoms with E-state index >= 15 is 0 Å². The summed E-state index contributed by atoms with van der Waals surface area (Å²) in [7, 11) is 58.5. The lowest BCUT2D eigenvalue weighted by Gasteiger charge is -2.22. The Morgan fingerprint density at radius 1 is 0.312 bits per heavy atom. The number of aromatic nitrogens is 4. The summed E-state index contributed by atoms with van der Waals surface area (Å²) in [6, 6.07) is 44.3. The van der Waals surface area contributed by atoms with Gasteiger partial charge in [0.15, 0.2) is 17.5 Å². The van der Waals surface area contributed by atoms with Crippen LogP contribution in [0.2, 0.25) is 0 Å². The molecule has 0 saturated heterocycles. The number of fused-ring (bicyclic) bond motifs is 9. The fraction of sp³-hybridized carbons (Fsp3) is 0. The Morgan fingerprint density at radius 2 is 0.703 bits per heavy atom. The molecule has 0 atom stereocenters. The molecule has 2 aromatic heterocycles. The quantitative estimate of drug-likeness (QED) is 0.204. The van der Waals surface area contributed by atoms with Gasteiger partial charge in [-0.2, -0.15) is 0 Å². The minimum Gasteiger partial charge on any atom is -0.308 e. The van der Waals surface area contributed by atoms with E-state index in [1.54, 1.807) is 6.07 Å². The molecule has 0 aliphatic carbocycles. The monoisotopic (exact) mass is 788 g/mol. The molecule has 13 heteroatoms. The Labute approximate surface area is 380 Å². The van der Waals surface area contributed by atoms with Crippen molar-refractivity contribution in [1.82, 2.24) is 19.5 Å². The highest BCUT2D eigenvalue weighted by Gasteiger charge is 2.26. The largest absolute Gasteiger partial charge is 0.308 e. The van der Waals surface area contributed by atoms with E-state index in [1.807, 2.05) is 6.07 Å². The highest BCUT2D eigenvalue weighted by Crippen LogP contribution is 2.46. The van der Waals surface area contributed by atoms with Gasteiger partial charge in [-0.25, -0.2) is 15.0 Å². The van der Waals surface area contributed by atoms with Crippen LogP contribution in [0.4, 0.5) is 0 Å². The molecule has 0 unspecified atom stereocenters. The summed E-state index contributed by atoms with van der Waals surface area (Å²) in [5.41, 5.74) is 4.75. The molecule has 64 heavy (non-hydrogen) atoms. The molecule has 4 nitrogen and oxygen atoms in total. The van der Waals surface area contributed by atoms with Gasteiger partial charge in [-0.15, -0.1) is 32.8 Å². The van der Waals surface area contributed by atoms with Crippen LogP contribution >= 0.6 is 0 Å². The van der Waals surface area contributed by atoms with Crippen molar-refractivity contribution >= 4 is 195 Å². The average molecular weight is 787 g/mol. The Balaban J connectivity index is 1.29. The third kappa shape index (κ3) is 5.33. The topological polar surface area (TPSA) is 43.6 Å². The molecule has 0 spiro atoms. The molecule has 0 aliphatic heterocycles. The molecule has 0 aliphatic rings. The van der Waals surface area contributed by atoms with E-state index in [2.05, 4.69) is 120 Å². The van der Waals surface area contributed by atoms with Gasteiger partial charge in [0.2, 0.25) is 0 Å². The van der Waals surface area contributed by atoms with Crippen molar-refractivity contribution in [2.75, 3.05) is 0 Å². The van der Waals surface area contributed by atoms with Crippen LogP contribution in [-0.4, -0.2) is 90.1 Å². The van der Waals surface area contributed by atoms with Crippen molar-refractivity contribution in [1.29, 1.82) is 0 Å². The first-order chi connectivity index (χ1) is 31.0. The summed E-state index contributed by atoms with van der Waals surface area (Å²) in [6.07, 6.45) is 0. The number of hydrogen-bond acceptors (Lipinski definition) is 3. The fourth-order valence-electron chi connectivity index (χ4n) is 9.83. The van der Waals surface area contributed by atoms with Gasteiger partial charge in [-0.1, -0.05) is 120 Å². The van der Waals surface area contributed by atoms with Crippen LogP contribution in [0, 0.1) is 0 Å². The molecular weight excluding hydrogens is 766 g/mol. The summed E-state index contributed by atoms with van der Waals surface area (Å²) in [5.74, 6) is 0.449. The van der Waals surface area contributed by atoms with E-state index in [0.29, 0.717) is 11.1 Å². The van der Waals surface area contributed by atoms with Gasteiger partial charge in [0.25, 0.3) is 0 Å². The van der Waals surface area contributed by atoms with Crippen molar-refractivity contribution in [2.24, 2.45) is 0 Å². The van der Waals surface area contributed by atoms with Gasteiger partial charge in [0.05, 0.1) is 16.7 Å². The molecule has 0 bridgehead atoms. The lowest BCUT2D eigenvalue weighted by atomic mass is 9.60. The molecule has 18 radical (unpaired) electrons. The third-order valence-electron chi connectivity index (χ3n) is 12.9. The van der Waals surface area contributed by atoms with Crippen molar-refractivity contribution in [2.45, 2.75) is 0 Å². The maximum atomic E-state index is 6.73. The lowest BCUT2D eigenvalue weighted by Crippen LogP contribution is -2.55. The first-order valence-electron chi connectivity index (χ1n) is 20.6. The van der Waals surface area contributed by atoms with Crippen LogP contribution < -0.4 is 49.2 Å². The zero-order valence-electron chi connectivity index (χ0n) is 34.1. The summed E-state index contributed by atoms with van der Waals surface area (Å²) in [5, 5.41) is 13.3. The minimum absolute atomic E-state index is 0.0406. The molecule has 0 N–H and O–H groups in total. The fourth-order valence-corrected chi connectivity index (χ4v) is 9.83. The Morgan fingerprint density at radius 3 is 1.22 bits per heavy atom. The summed E-state index contributed by atoms with van der Waals surface area (Å²) in [4.78, 5) is 15.4. The molecular formula is C51H21B9N4. The molecule has 10 aromatic carbocycles. The van der Waals surface area contributed by atoms with E-state index in [4.69, 9.17) is 85.6 Å². The van der Waals surface area contributed by atoms with Crippen molar-refractivity contribution in [3.05, 3.63) is 127 Å². The van der Waals surface area contributed by atoms with Crippen LogP contribution in [0.3, 0.4) is 0 Å². The molecule has 12 rings (SSSR count). The van der Waals surface area contributed by atoms with Crippen molar-refractivity contribution < 1.29 is 0 Å². The number of rotatable bonds is 4. The highest BCUT2D eigenvalue weighted by molar-refractivity contribution is 6.69. The summed E-state index contributed by atoms with van der Waals surface area (Å²) in [6.45, 7) is 0. The molecule has 2 heterocycles. The average Bonchev–Trinajstić information content (AvgIpc) is 3.67.